The SMILES string of the molecule is Cc1cc(OC2CN(C(=O)c3cccc(OC(F)(F)F)c3)C2)cc(=O)o1. The standard InChI is InChI=1S/C17H14F3NO5/c1-10-5-13(7-15(22)24-10)25-14-8-21(9-14)16(23)11-3-2-4-12(6-11)26-17(18,19)20/h2-7,14H,8-9H2,1H3. The second-order valence-corrected chi connectivity index (χ2v) is 5.75. The Kier molecular flexibility index (Phi) is 4.62. The van der Waals surface area contributed by atoms with Gasteiger partial charge in [-0.1, -0.05) is 6.07 Å². The van der Waals surface area contributed by atoms with Gasteiger partial charge in [0.1, 0.15) is 23.4 Å². The van der Waals surface area contributed by atoms with Gasteiger partial charge in [-0.15, -0.1) is 13.2 Å². The van der Waals surface area contributed by atoms with Gasteiger partial charge < -0.3 is 18.8 Å². The van der Waals surface area contributed by atoms with Gasteiger partial charge in [0.05, 0.1) is 19.2 Å². The van der Waals surface area contributed by atoms with Crippen LogP contribution in [0.25, 0.3) is 0 Å². The Bertz CT molecular complexity index is 871. The van der Waals surface area contributed by atoms with Crippen LogP contribution in [0.15, 0.2) is 45.6 Å². The fraction of sp³-hybridized carbons (Fsp3) is 0.294. The Morgan fingerprint density at radius 3 is 2.58 bits per heavy atom. The van der Waals surface area contributed by atoms with E-state index in [0.717, 1.165) is 12.1 Å². The summed E-state index contributed by atoms with van der Waals surface area (Å²) in [4.78, 5) is 25.0. The molecule has 138 valence electrons. The molecule has 0 aliphatic carbocycles. The van der Waals surface area contributed by atoms with Crippen LogP contribution >= 0.6 is 0 Å². The van der Waals surface area contributed by atoms with Crippen molar-refractivity contribution in [3.05, 3.63) is 58.1 Å². The van der Waals surface area contributed by atoms with Crippen molar-refractivity contribution < 1.29 is 31.9 Å². The zero-order valence-electron chi connectivity index (χ0n) is 13.6. The van der Waals surface area contributed by atoms with E-state index >= 15 is 0 Å². The Morgan fingerprint density at radius 1 is 1.19 bits per heavy atom. The summed E-state index contributed by atoms with van der Waals surface area (Å²) in [5.74, 6) is -0.137. The van der Waals surface area contributed by atoms with Crippen molar-refractivity contribution in [1.29, 1.82) is 0 Å². The summed E-state index contributed by atoms with van der Waals surface area (Å²) in [6.07, 6.45) is -5.13. The van der Waals surface area contributed by atoms with Gasteiger partial charge in [0.25, 0.3) is 5.91 Å². The van der Waals surface area contributed by atoms with E-state index in [0.29, 0.717) is 11.5 Å². The van der Waals surface area contributed by atoms with E-state index < -0.39 is 23.6 Å². The molecule has 2 heterocycles. The molecule has 0 saturated carbocycles. The lowest BCUT2D eigenvalue weighted by Crippen LogP contribution is -2.56. The van der Waals surface area contributed by atoms with Crippen molar-refractivity contribution in [3.8, 4) is 11.5 Å². The fourth-order valence-electron chi connectivity index (χ4n) is 2.52. The van der Waals surface area contributed by atoms with Crippen LogP contribution in [0.1, 0.15) is 16.1 Å². The van der Waals surface area contributed by atoms with Crippen molar-refractivity contribution in [3.63, 3.8) is 0 Å². The lowest BCUT2D eigenvalue weighted by atomic mass is 10.1. The van der Waals surface area contributed by atoms with Crippen LogP contribution in [0.3, 0.4) is 0 Å². The van der Waals surface area contributed by atoms with Crippen LogP contribution in [0.5, 0.6) is 11.5 Å². The number of halogens is 3. The number of likely N-dealkylation sites (tertiary alicyclic amines) is 1. The van der Waals surface area contributed by atoms with Crippen molar-refractivity contribution in [2.45, 2.75) is 19.4 Å². The minimum Gasteiger partial charge on any atom is -0.486 e. The molecule has 0 unspecified atom stereocenters. The Hall–Kier alpha value is -2.97. The van der Waals surface area contributed by atoms with Gasteiger partial charge >= 0.3 is 12.0 Å². The van der Waals surface area contributed by atoms with Gasteiger partial charge in [-0.05, 0) is 25.1 Å². The third kappa shape index (κ3) is 4.35. The van der Waals surface area contributed by atoms with Crippen molar-refractivity contribution >= 4 is 5.91 Å². The molecule has 0 spiro atoms. The lowest BCUT2D eigenvalue weighted by molar-refractivity contribution is -0.274. The maximum Gasteiger partial charge on any atom is 0.573 e. The smallest absolute Gasteiger partial charge is 0.486 e. The summed E-state index contributed by atoms with van der Waals surface area (Å²) in [7, 11) is 0. The van der Waals surface area contributed by atoms with E-state index in [-0.39, 0.29) is 24.8 Å². The Morgan fingerprint density at radius 2 is 1.92 bits per heavy atom. The highest BCUT2D eigenvalue weighted by Crippen LogP contribution is 2.25. The van der Waals surface area contributed by atoms with Crippen LogP contribution < -0.4 is 15.1 Å². The number of carbonyl (C=O) groups is 1. The number of amides is 1. The zero-order valence-corrected chi connectivity index (χ0v) is 13.6. The van der Waals surface area contributed by atoms with E-state index in [4.69, 9.17) is 9.15 Å². The van der Waals surface area contributed by atoms with Crippen molar-refractivity contribution in [1.82, 2.24) is 4.90 Å². The molecule has 1 saturated heterocycles. The number of carbonyl (C=O) groups excluding carboxylic acids is 1. The van der Waals surface area contributed by atoms with Gasteiger partial charge in [-0.2, -0.15) is 0 Å². The number of hydrogen-bond donors (Lipinski definition) is 0. The molecule has 1 amide bonds. The predicted octanol–water partition coefficient (Wildman–Crippen LogP) is 2.75. The van der Waals surface area contributed by atoms with Gasteiger partial charge in [-0.3, -0.25) is 4.79 Å². The van der Waals surface area contributed by atoms with E-state index in [1.165, 1.54) is 23.1 Å². The molecule has 1 aliphatic heterocycles. The number of rotatable bonds is 4. The van der Waals surface area contributed by atoms with Crippen LogP contribution in [0.4, 0.5) is 13.2 Å². The van der Waals surface area contributed by atoms with Crippen molar-refractivity contribution in [2.75, 3.05) is 13.1 Å². The average Bonchev–Trinajstić information content (AvgIpc) is 2.47. The molecule has 6 nitrogen and oxygen atoms in total. The molecule has 0 N–H and O–H groups in total. The van der Waals surface area contributed by atoms with E-state index in [9.17, 15) is 22.8 Å². The minimum absolute atomic E-state index is 0.0846. The third-order valence-corrected chi connectivity index (χ3v) is 3.62. The molecule has 1 fully saturated rings. The minimum atomic E-state index is -4.82. The first-order chi connectivity index (χ1) is 12.2. The van der Waals surface area contributed by atoms with E-state index in [1.807, 2.05) is 0 Å². The number of ether oxygens (including phenoxy) is 2. The van der Waals surface area contributed by atoms with Gasteiger partial charge in [0.15, 0.2) is 0 Å². The highest BCUT2D eigenvalue weighted by atomic mass is 19.4. The molecule has 1 aromatic carbocycles. The first-order valence-electron chi connectivity index (χ1n) is 7.63. The molecule has 9 heteroatoms. The first kappa shape index (κ1) is 17.8. The monoisotopic (exact) mass is 369 g/mol. The normalized spacial score (nSPS) is 14.7. The lowest BCUT2D eigenvalue weighted by Gasteiger charge is -2.39. The second-order valence-electron chi connectivity index (χ2n) is 5.75. The maximum absolute atomic E-state index is 12.3. The molecule has 0 atom stereocenters. The molecule has 0 radical (unpaired) electrons. The number of hydrogen-bond acceptors (Lipinski definition) is 5. The molecular weight excluding hydrogens is 355 g/mol. The molecule has 1 aliphatic rings. The van der Waals surface area contributed by atoms with E-state index in [2.05, 4.69) is 4.74 Å². The van der Waals surface area contributed by atoms with Crippen LogP contribution in [-0.4, -0.2) is 36.4 Å². The summed E-state index contributed by atoms with van der Waals surface area (Å²) < 4.78 is 51.0. The summed E-state index contributed by atoms with van der Waals surface area (Å²) >= 11 is 0. The quantitative estimate of drug-likeness (QED) is 0.829. The summed E-state index contributed by atoms with van der Waals surface area (Å²) in [6.45, 7) is 2.12. The van der Waals surface area contributed by atoms with Crippen LogP contribution in [0, 0.1) is 6.92 Å². The van der Waals surface area contributed by atoms with Crippen LogP contribution in [-0.2, 0) is 0 Å². The third-order valence-electron chi connectivity index (χ3n) is 3.62. The molecule has 1 aromatic heterocycles. The first-order valence-corrected chi connectivity index (χ1v) is 7.63. The molecule has 2 aromatic rings. The van der Waals surface area contributed by atoms with Crippen LogP contribution in [0.2, 0.25) is 0 Å². The largest absolute Gasteiger partial charge is 0.573 e. The summed E-state index contributed by atoms with van der Waals surface area (Å²) in [5, 5.41) is 0. The van der Waals surface area contributed by atoms with E-state index in [1.54, 1.807) is 13.0 Å². The Balaban J connectivity index is 1.59. The predicted molar refractivity (Wildman–Crippen MR) is 83.2 cm³/mol. The topological polar surface area (TPSA) is 69.0 Å². The molecule has 3 rings (SSSR count). The fourth-order valence-corrected chi connectivity index (χ4v) is 2.52. The maximum atomic E-state index is 12.3. The second kappa shape index (κ2) is 6.74. The van der Waals surface area contributed by atoms with Gasteiger partial charge in [-0.25, -0.2) is 4.79 Å². The Labute approximate surface area is 145 Å². The number of nitrogens with zero attached hydrogens (tertiary/aromatic N) is 1. The van der Waals surface area contributed by atoms with Gasteiger partial charge in [0, 0.05) is 11.6 Å². The number of alkyl halides is 3. The summed E-state index contributed by atoms with van der Waals surface area (Å²) in [5.41, 5.74) is -0.449. The highest BCUT2D eigenvalue weighted by Gasteiger charge is 2.34. The molecular formula is C17H14F3NO5. The number of benzene rings is 1. The van der Waals surface area contributed by atoms with Gasteiger partial charge in [0.2, 0.25) is 0 Å². The number of aryl methyl sites for hydroxylation is 1. The zero-order chi connectivity index (χ0) is 18.9. The summed E-state index contributed by atoms with van der Waals surface area (Å²) in [6, 6.07) is 7.64. The molecule has 26 heavy (non-hydrogen) atoms. The average molecular weight is 369 g/mol. The molecule has 0 bridgehead atoms. The highest BCUT2D eigenvalue weighted by molar-refractivity contribution is 5.95. The van der Waals surface area contributed by atoms with Crippen molar-refractivity contribution in [2.24, 2.45) is 0 Å².